The lowest BCUT2D eigenvalue weighted by atomic mass is 9.98. The van der Waals surface area contributed by atoms with Crippen molar-refractivity contribution in [1.29, 1.82) is 0 Å². The first-order valence-corrected chi connectivity index (χ1v) is 4.38. The fourth-order valence-electron chi connectivity index (χ4n) is 1.69. The van der Waals surface area contributed by atoms with E-state index in [1.807, 2.05) is 0 Å². The molecule has 0 unspecified atom stereocenters. The van der Waals surface area contributed by atoms with Gasteiger partial charge < -0.3 is 10.2 Å². The first kappa shape index (κ1) is 11.3. The van der Waals surface area contributed by atoms with E-state index in [-0.39, 0.29) is 12.8 Å². The van der Waals surface area contributed by atoms with E-state index in [2.05, 4.69) is 5.32 Å². The van der Waals surface area contributed by atoms with Crippen LogP contribution in [-0.2, 0) is 4.79 Å². The molecule has 1 N–H and O–H groups in total. The molecule has 0 aromatic heterocycles. The van der Waals surface area contributed by atoms with E-state index >= 15 is 0 Å². The minimum absolute atomic E-state index is 0.0305. The van der Waals surface area contributed by atoms with E-state index in [4.69, 9.17) is 0 Å². The van der Waals surface area contributed by atoms with E-state index in [1.54, 1.807) is 7.05 Å². The van der Waals surface area contributed by atoms with Crippen LogP contribution >= 0.6 is 0 Å². The fourth-order valence-corrected chi connectivity index (χ4v) is 1.69. The molecule has 1 amide bonds. The van der Waals surface area contributed by atoms with Crippen molar-refractivity contribution in [1.82, 2.24) is 10.2 Å². The normalized spacial score (nSPS) is 29.5. The van der Waals surface area contributed by atoms with Crippen LogP contribution in [0.5, 0.6) is 0 Å². The van der Waals surface area contributed by atoms with Crippen molar-refractivity contribution in [3.05, 3.63) is 0 Å². The van der Waals surface area contributed by atoms with Crippen LogP contribution in [0.3, 0.4) is 0 Å². The molecule has 0 bridgehead atoms. The Hall–Kier alpha value is -0.780. The Bertz CT molecular complexity index is 229. The summed E-state index contributed by atoms with van der Waals surface area (Å²) in [6, 6.07) is -2.10. The number of nitrogens with one attached hydrogen (secondary N) is 1. The van der Waals surface area contributed by atoms with Gasteiger partial charge in [-0.15, -0.1) is 0 Å². The maximum Gasteiger partial charge on any atom is 0.408 e. The van der Waals surface area contributed by atoms with Crippen LogP contribution in [0.25, 0.3) is 0 Å². The highest BCUT2D eigenvalue weighted by atomic mass is 19.4. The lowest BCUT2D eigenvalue weighted by Crippen LogP contribution is -2.57. The van der Waals surface area contributed by atoms with E-state index < -0.39 is 24.2 Å². The van der Waals surface area contributed by atoms with Crippen LogP contribution in [0.2, 0.25) is 0 Å². The number of likely N-dealkylation sites (tertiary alicyclic amines) is 1. The zero-order chi connectivity index (χ0) is 10.9. The van der Waals surface area contributed by atoms with Gasteiger partial charge in [-0.2, -0.15) is 13.2 Å². The number of carbonyl (C=O) groups excluding carboxylic acids is 1. The van der Waals surface area contributed by atoms with Crippen molar-refractivity contribution < 1.29 is 18.0 Å². The number of rotatable bonds is 1. The summed E-state index contributed by atoms with van der Waals surface area (Å²) in [5.74, 6) is -0.485. The molecule has 1 fully saturated rings. The van der Waals surface area contributed by atoms with E-state index in [9.17, 15) is 18.0 Å². The molecule has 1 rings (SSSR count). The van der Waals surface area contributed by atoms with Gasteiger partial charge in [0.05, 0.1) is 6.04 Å². The maximum atomic E-state index is 12.4. The Morgan fingerprint density at radius 2 is 2.00 bits per heavy atom. The summed E-state index contributed by atoms with van der Waals surface area (Å²) in [5.41, 5.74) is 0. The molecule has 0 radical (unpaired) electrons. The smallest absolute Gasteiger partial charge is 0.332 e. The summed E-state index contributed by atoms with van der Waals surface area (Å²) in [6.07, 6.45) is -4.11. The Balaban J connectivity index is 2.74. The average Bonchev–Trinajstić information content (AvgIpc) is 2.07. The summed E-state index contributed by atoms with van der Waals surface area (Å²) >= 11 is 0. The summed E-state index contributed by atoms with van der Waals surface area (Å²) in [6.45, 7) is 0. The van der Waals surface area contributed by atoms with Crippen LogP contribution in [0.1, 0.15) is 12.8 Å². The molecular weight excluding hydrogens is 197 g/mol. The van der Waals surface area contributed by atoms with E-state index in [0.717, 1.165) is 4.90 Å². The molecule has 6 heteroatoms. The summed E-state index contributed by atoms with van der Waals surface area (Å²) in [4.78, 5) is 12.2. The molecule has 1 aliphatic heterocycles. The van der Waals surface area contributed by atoms with Crippen molar-refractivity contribution in [2.24, 2.45) is 0 Å². The van der Waals surface area contributed by atoms with Crippen molar-refractivity contribution in [3.8, 4) is 0 Å². The average molecular weight is 210 g/mol. The van der Waals surface area contributed by atoms with E-state index in [1.165, 1.54) is 7.05 Å². The Labute approximate surface area is 80.3 Å². The Morgan fingerprint density at radius 1 is 1.43 bits per heavy atom. The van der Waals surface area contributed by atoms with Gasteiger partial charge in [-0.1, -0.05) is 0 Å². The molecule has 0 aromatic rings. The SMILES string of the molecule is CN[C@H]1CC[C@H](C(F)(F)F)N(C)C1=O. The molecule has 0 aliphatic carbocycles. The van der Waals surface area contributed by atoms with Crippen LogP contribution in [0.15, 0.2) is 0 Å². The summed E-state index contributed by atoms with van der Waals surface area (Å²) < 4.78 is 37.1. The van der Waals surface area contributed by atoms with Crippen molar-refractivity contribution in [3.63, 3.8) is 0 Å². The third-order valence-corrected chi connectivity index (χ3v) is 2.57. The van der Waals surface area contributed by atoms with Crippen LogP contribution in [-0.4, -0.2) is 43.2 Å². The minimum Gasteiger partial charge on any atom is -0.332 e. The second-order valence-corrected chi connectivity index (χ2v) is 3.43. The van der Waals surface area contributed by atoms with Gasteiger partial charge in [0.25, 0.3) is 0 Å². The van der Waals surface area contributed by atoms with Gasteiger partial charge >= 0.3 is 6.18 Å². The predicted octanol–water partition coefficient (Wildman–Crippen LogP) is 0.757. The molecule has 82 valence electrons. The third kappa shape index (κ3) is 2.00. The summed E-state index contributed by atoms with van der Waals surface area (Å²) in [5, 5.41) is 2.70. The zero-order valence-electron chi connectivity index (χ0n) is 8.06. The molecule has 0 aromatic carbocycles. The van der Waals surface area contributed by atoms with Gasteiger partial charge in [0.2, 0.25) is 5.91 Å². The topological polar surface area (TPSA) is 32.3 Å². The number of alkyl halides is 3. The quantitative estimate of drug-likeness (QED) is 0.693. The lowest BCUT2D eigenvalue weighted by molar-refractivity contribution is -0.194. The van der Waals surface area contributed by atoms with Crippen LogP contribution < -0.4 is 5.32 Å². The molecule has 2 atom stereocenters. The minimum atomic E-state index is -4.32. The standard InChI is InChI=1S/C8H13F3N2O/c1-12-5-3-4-6(8(9,10)11)13(2)7(5)14/h5-6,12H,3-4H2,1-2H3/t5-,6+/m0/s1. The molecule has 1 heterocycles. The lowest BCUT2D eigenvalue weighted by Gasteiger charge is -2.37. The highest BCUT2D eigenvalue weighted by molar-refractivity contribution is 5.82. The highest BCUT2D eigenvalue weighted by Crippen LogP contribution is 2.31. The van der Waals surface area contributed by atoms with Gasteiger partial charge in [0.1, 0.15) is 6.04 Å². The number of hydrogen-bond donors (Lipinski definition) is 1. The number of amides is 1. The van der Waals surface area contributed by atoms with Gasteiger partial charge in [0.15, 0.2) is 0 Å². The first-order valence-electron chi connectivity index (χ1n) is 4.38. The molecule has 3 nitrogen and oxygen atoms in total. The number of halogens is 3. The second-order valence-electron chi connectivity index (χ2n) is 3.43. The van der Waals surface area contributed by atoms with Crippen molar-refractivity contribution in [2.45, 2.75) is 31.1 Å². The Morgan fingerprint density at radius 3 is 2.43 bits per heavy atom. The Kier molecular flexibility index (Phi) is 3.04. The van der Waals surface area contributed by atoms with Gasteiger partial charge in [-0.3, -0.25) is 4.79 Å². The number of hydrogen-bond acceptors (Lipinski definition) is 2. The fraction of sp³-hybridized carbons (Fsp3) is 0.875. The predicted molar refractivity (Wildman–Crippen MR) is 44.7 cm³/mol. The van der Waals surface area contributed by atoms with Crippen molar-refractivity contribution in [2.75, 3.05) is 14.1 Å². The van der Waals surface area contributed by atoms with Crippen molar-refractivity contribution >= 4 is 5.91 Å². The number of nitrogens with zero attached hydrogens (tertiary/aromatic N) is 1. The number of piperidine rings is 1. The first-order chi connectivity index (χ1) is 6.38. The number of carbonyl (C=O) groups is 1. The highest BCUT2D eigenvalue weighted by Gasteiger charge is 2.47. The second kappa shape index (κ2) is 3.76. The van der Waals surface area contributed by atoms with Crippen LogP contribution in [0, 0.1) is 0 Å². The third-order valence-electron chi connectivity index (χ3n) is 2.57. The van der Waals surface area contributed by atoms with Gasteiger partial charge in [0, 0.05) is 7.05 Å². The van der Waals surface area contributed by atoms with Gasteiger partial charge in [-0.05, 0) is 19.9 Å². The van der Waals surface area contributed by atoms with Gasteiger partial charge in [-0.25, -0.2) is 0 Å². The largest absolute Gasteiger partial charge is 0.408 e. The zero-order valence-corrected chi connectivity index (χ0v) is 8.06. The molecule has 1 aliphatic rings. The molecule has 14 heavy (non-hydrogen) atoms. The van der Waals surface area contributed by atoms with E-state index in [0.29, 0.717) is 0 Å². The molecule has 1 saturated heterocycles. The monoisotopic (exact) mass is 210 g/mol. The summed E-state index contributed by atoms with van der Waals surface area (Å²) in [7, 11) is 2.77. The van der Waals surface area contributed by atoms with Crippen LogP contribution in [0.4, 0.5) is 13.2 Å². The number of likely N-dealkylation sites (N-methyl/N-ethyl adjacent to an activating group) is 2. The molecule has 0 spiro atoms. The molecule has 0 saturated carbocycles. The molecular formula is C8H13F3N2O. The maximum absolute atomic E-state index is 12.4.